The molecule has 3 fully saturated rings. The average Bonchev–Trinajstić information content (AvgIpc) is 3.46. The minimum absolute atomic E-state index is 0.00113. The maximum Gasteiger partial charge on any atom is 0.411 e. The fraction of sp³-hybridized carbons (Fsp3) is 0.500. The van der Waals surface area contributed by atoms with Crippen molar-refractivity contribution in [2.24, 2.45) is 16.7 Å². The summed E-state index contributed by atoms with van der Waals surface area (Å²) < 4.78 is 14.2. The third kappa shape index (κ3) is 3.86. The molecule has 3 saturated carbocycles. The molecular weight excluding hydrogens is 474 g/mol. The van der Waals surface area contributed by atoms with Crippen molar-refractivity contribution in [2.45, 2.75) is 78.4 Å². The van der Waals surface area contributed by atoms with Crippen LogP contribution < -0.4 is 10.1 Å². The van der Waals surface area contributed by atoms with Crippen molar-refractivity contribution >= 4 is 22.7 Å². The number of fused-ring (bicyclic) bond motifs is 3. The summed E-state index contributed by atoms with van der Waals surface area (Å²) >= 11 is 0. The number of ether oxygens (including phenoxy) is 2. The van der Waals surface area contributed by atoms with E-state index >= 15 is 0 Å². The van der Waals surface area contributed by atoms with Crippen molar-refractivity contribution < 1.29 is 14.3 Å². The fourth-order valence-corrected chi connectivity index (χ4v) is 7.48. The Morgan fingerprint density at radius 3 is 2.50 bits per heavy atom. The number of nitriles is 1. The van der Waals surface area contributed by atoms with Crippen LogP contribution in [0.5, 0.6) is 5.75 Å². The van der Waals surface area contributed by atoms with Crippen LogP contribution in [0.15, 0.2) is 42.5 Å². The van der Waals surface area contributed by atoms with E-state index < -0.39 is 6.09 Å². The van der Waals surface area contributed by atoms with Gasteiger partial charge in [-0.1, -0.05) is 32.9 Å². The Morgan fingerprint density at radius 2 is 1.89 bits per heavy atom. The number of nitrogens with one attached hydrogen (secondary N) is 1. The van der Waals surface area contributed by atoms with Crippen molar-refractivity contribution in [3.63, 3.8) is 0 Å². The summed E-state index contributed by atoms with van der Waals surface area (Å²) in [4.78, 5) is 12.9. The molecule has 0 radical (unpaired) electrons. The van der Waals surface area contributed by atoms with Crippen LogP contribution in [0.25, 0.3) is 22.2 Å². The summed E-state index contributed by atoms with van der Waals surface area (Å²) in [5, 5.41) is 14.1. The van der Waals surface area contributed by atoms with Gasteiger partial charge >= 0.3 is 6.09 Å². The lowest BCUT2D eigenvalue weighted by molar-refractivity contribution is -0.0408. The highest BCUT2D eigenvalue weighted by Gasteiger charge is 2.61. The molecule has 2 aromatic carbocycles. The third-order valence-electron chi connectivity index (χ3n) is 9.61. The van der Waals surface area contributed by atoms with Gasteiger partial charge in [0.25, 0.3) is 0 Å². The minimum Gasteiger partial charge on any atom is -0.494 e. The van der Waals surface area contributed by atoms with E-state index in [1.807, 2.05) is 43.3 Å². The number of hydrogen-bond acceptors (Lipinski definition) is 4. The lowest BCUT2D eigenvalue weighted by atomic mass is 9.70. The number of hydrogen-bond donors (Lipinski definition) is 1. The molecule has 198 valence electrons. The van der Waals surface area contributed by atoms with Gasteiger partial charge in [0, 0.05) is 34.0 Å². The molecular formula is C32H37N3O3. The van der Waals surface area contributed by atoms with Crippen LogP contribution in [0.4, 0.5) is 10.5 Å². The Labute approximate surface area is 224 Å². The Morgan fingerprint density at radius 1 is 1.13 bits per heavy atom. The topological polar surface area (TPSA) is 76.3 Å². The SMILES string of the molecule is CCOc1ccc2c(C#N)c(-c3ccc(NC(=O)OC4C5(C)CCC(C5)C4(C)C)cc3)n(C3CCC3)c2c1. The molecule has 0 saturated heterocycles. The Hall–Kier alpha value is -3.46. The van der Waals surface area contributed by atoms with Crippen LogP contribution in [0.2, 0.25) is 0 Å². The summed E-state index contributed by atoms with van der Waals surface area (Å²) in [6, 6.07) is 16.6. The predicted molar refractivity (Wildman–Crippen MR) is 149 cm³/mol. The predicted octanol–water partition coefficient (Wildman–Crippen LogP) is 8.07. The lowest BCUT2D eigenvalue weighted by Gasteiger charge is -2.41. The zero-order chi connectivity index (χ0) is 26.7. The number of carbonyl (C=O) groups excluding carboxylic acids is 1. The van der Waals surface area contributed by atoms with Gasteiger partial charge in [-0.05, 0) is 81.2 Å². The van der Waals surface area contributed by atoms with Crippen LogP contribution in [-0.2, 0) is 4.74 Å². The molecule has 0 spiro atoms. The zero-order valence-corrected chi connectivity index (χ0v) is 22.8. The molecule has 6 rings (SSSR count). The van der Waals surface area contributed by atoms with Gasteiger partial charge in [0.05, 0.1) is 23.4 Å². The highest BCUT2D eigenvalue weighted by molar-refractivity contribution is 5.96. The number of rotatable bonds is 6. The number of aromatic nitrogens is 1. The van der Waals surface area contributed by atoms with Gasteiger partial charge in [-0.25, -0.2) is 4.79 Å². The van der Waals surface area contributed by atoms with Crippen molar-refractivity contribution in [1.29, 1.82) is 5.26 Å². The standard InChI is InChI=1S/C32H37N3O3/c1-5-37-24-13-14-25-26(19-33)28(35(27(25)17-24)23-7-6-8-23)20-9-11-22(12-10-20)34-30(36)38-29-31(2,3)21-15-16-32(29,4)18-21/h9-14,17,21,23,29H,5-8,15-16,18H2,1-4H3,(H,34,36). The van der Waals surface area contributed by atoms with Gasteiger partial charge in [0.2, 0.25) is 0 Å². The second kappa shape index (κ2) is 9.08. The quantitative estimate of drug-likeness (QED) is 0.363. The molecule has 1 N–H and O–H groups in total. The first-order valence-corrected chi connectivity index (χ1v) is 14.0. The molecule has 0 aliphatic heterocycles. The number of anilines is 1. The van der Waals surface area contributed by atoms with Crippen LogP contribution in [0.3, 0.4) is 0 Å². The van der Waals surface area contributed by atoms with Crippen molar-refractivity contribution in [1.82, 2.24) is 4.57 Å². The highest BCUT2D eigenvalue weighted by atomic mass is 16.6. The largest absolute Gasteiger partial charge is 0.494 e. The van der Waals surface area contributed by atoms with Crippen LogP contribution >= 0.6 is 0 Å². The van der Waals surface area contributed by atoms with Gasteiger partial charge in [-0.3, -0.25) is 5.32 Å². The molecule has 3 atom stereocenters. The van der Waals surface area contributed by atoms with Crippen LogP contribution in [0.1, 0.15) is 77.8 Å². The summed E-state index contributed by atoms with van der Waals surface area (Å²) in [6.07, 6.45) is 6.40. The van der Waals surface area contributed by atoms with E-state index in [1.165, 1.54) is 12.8 Å². The van der Waals surface area contributed by atoms with Crippen LogP contribution in [0, 0.1) is 28.1 Å². The maximum atomic E-state index is 12.9. The first kappa shape index (κ1) is 24.9. The molecule has 3 aliphatic carbocycles. The summed E-state index contributed by atoms with van der Waals surface area (Å²) in [7, 11) is 0. The van der Waals surface area contributed by atoms with Gasteiger partial charge in [-0.2, -0.15) is 5.26 Å². The van der Waals surface area contributed by atoms with Gasteiger partial charge in [0.1, 0.15) is 17.9 Å². The molecule has 6 nitrogen and oxygen atoms in total. The number of amides is 1. The molecule has 2 bridgehead atoms. The Kier molecular flexibility index (Phi) is 5.94. The van der Waals surface area contributed by atoms with Gasteiger partial charge < -0.3 is 14.0 Å². The first-order chi connectivity index (χ1) is 18.2. The highest BCUT2D eigenvalue weighted by Crippen LogP contribution is 2.63. The van der Waals surface area contributed by atoms with E-state index in [0.717, 1.165) is 53.6 Å². The van der Waals surface area contributed by atoms with Crippen molar-refractivity contribution in [3.05, 3.63) is 48.0 Å². The van der Waals surface area contributed by atoms with E-state index in [4.69, 9.17) is 9.47 Å². The zero-order valence-electron chi connectivity index (χ0n) is 22.8. The fourth-order valence-electron chi connectivity index (χ4n) is 7.48. The third-order valence-corrected chi connectivity index (χ3v) is 9.61. The van der Waals surface area contributed by atoms with Crippen molar-refractivity contribution in [3.8, 4) is 23.1 Å². The molecule has 3 aromatic rings. The Bertz CT molecular complexity index is 1420. The molecule has 1 aromatic heterocycles. The van der Waals surface area contributed by atoms with E-state index in [1.54, 1.807) is 0 Å². The molecule has 6 heteroatoms. The van der Waals surface area contributed by atoms with Crippen LogP contribution in [-0.4, -0.2) is 23.4 Å². The maximum absolute atomic E-state index is 12.9. The summed E-state index contributed by atoms with van der Waals surface area (Å²) in [5.41, 5.74) is 4.38. The smallest absolute Gasteiger partial charge is 0.411 e. The van der Waals surface area contributed by atoms with E-state index in [9.17, 15) is 10.1 Å². The second-order valence-electron chi connectivity index (χ2n) is 12.3. The molecule has 1 amide bonds. The van der Waals surface area contributed by atoms with Gasteiger partial charge in [-0.15, -0.1) is 0 Å². The summed E-state index contributed by atoms with van der Waals surface area (Å²) in [6.45, 7) is 9.31. The lowest BCUT2D eigenvalue weighted by Crippen LogP contribution is -2.44. The molecule has 3 unspecified atom stereocenters. The van der Waals surface area contributed by atoms with E-state index in [-0.39, 0.29) is 16.9 Å². The second-order valence-corrected chi connectivity index (χ2v) is 12.3. The Balaban J connectivity index is 1.28. The summed E-state index contributed by atoms with van der Waals surface area (Å²) in [5.74, 6) is 1.44. The molecule has 3 aliphatic rings. The van der Waals surface area contributed by atoms with E-state index in [2.05, 4.69) is 42.8 Å². The first-order valence-electron chi connectivity index (χ1n) is 14.0. The molecule has 38 heavy (non-hydrogen) atoms. The average molecular weight is 512 g/mol. The van der Waals surface area contributed by atoms with E-state index in [0.29, 0.717) is 29.8 Å². The monoisotopic (exact) mass is 511 g/mol. The van der Waals surface area contributed by atoms with Crippen molar-refractivity contribution in [2.75, 3.05) is 11.9 Å². The minimum atomic E-state index is -0.394. The number of benzene rings is 2. The number of nitrogens with zero attached hydrogens (tertiary/aromatic N) is 2. The van der Waals surface area contributed by atoms with Gasteiger partial charge in [0.15, 0.2) is 0 Å². The normalized spacial score (nSPS) is 25.7. The molecule has 1 heterocycles. The number of carbonyl (C=O) groups is 1.